The van der Waals surface area contributed by atoms with E-state index >= 15 is 0 Å². The lowest BCUT2D eigenvalue weighted by atomic mass is 10.0. The fraction of sp³-hybridized carbons (Fsp3) is 0.278. The van der Waals surface area contributed by atoms with Crippen LogP contribution in [-0.2, 0) is 0 Å². The molecule has 0 aliphatic heterocycles. The number of carbonyl (C=O) groups is 1. The molecule has 1 N–H and O–H groups in total. The maximum Gasteiger partial charge on any atom is 0.251 e. The molecule has 0 saturated carbocycles. The third-order valence-corrected chi connectivity index (χ3v) is 3.22. The van der Waals surface area contributed by atoms with E-state index in [9.17, 15) is 4.79 Å². The number of hydrogen-bond acceptors (Lipinski definition) is 2. The molecule has 0 aromatic heterocycles. The molecule has 2 aromatic carbocycles. The molecule has 0 bridgehead atoms. The van der Waals surface area contributed by atoms with Crippen LogP contribution < -0.4 is 10.1 Å². The van der Waals surface area contributed by atoms with Crippen molar-refractivity contribution in [1.29, 1.82) is 0 Å². The van der Waals surface area contributed by atoms with Crippen LogP contribution in [0.3, 0.4) is 0 Å². The highest BCUT2D eigenvalue weighted by atomic mass is 16.5. The summed E-state index contributed by atoms with van der Waals surface area (Å²) >= 11 is 0. The molecule has 1 amide bonds. The number of ether oxygens (including phenoxy) is 1. The lowest BCUT2D eigenvalue weighted by Crippen LogP contribution is -2.27. The van der Waals surface area contributed by atoms with Gasteiger partial charge in [-0.25, -0.2) is 0 Å². The fourth-order valence-corrected chi connectivity index (χ4v) is 2.09. The molecule has 0 heterocycles. The Labute approximate surface area is 126 Å². The quantitative estimate of drug-likeness (QED) is 0.907. The molecule has 0 fully saturated rings. The topological polar surface area (TPSA) is 38.3 Å². The average molecular weight is 283 g/mol. The Bertz CT molecular complexity index is 606. The molecule has 110 valence electrons. The minimum Gasteiger partial charge on any atom is -0.496 e. The van der Waals surface area contributed by atoms with Gasteiger partial charge in [-0.05, 0) is 29.7 Å². The summed E-state index contributed by atoms with van der Waals surface area (Å²) < 4.78 is 5.44. The van der Waals surface area contributed by atoms with Crippen molar-refractivity contribution in [3.8, 4) is 16.9 Å². The Morgan fingerprint density at radius 1 is 1.14 bits per heavy atom. The summed E-state index contributed by atoms with van der Waals surface area (Å²) in [5.74, 6) is 1.07. The van der Waals surface area contributed by atoms with Crippen molar-refractivity contribution in [3.63, 3.8) is 0 Å². The van der Waals surface area contributed by atoms with Crippen LogP contribution in [0.2, 0.25) is 0 Å². The zero-order chi connectivity index (χ0) is 15.2. The number of nitrogens with one attached hydrogen (secondary N) is 1. The Balaban J connectivity index is 2.26. The van der Waals surface area contributed by atoms with Crippen molar-refractivity contribution in [2.45, 2.75) is 13.8 Å². The number of carbonyl (C=O) groups excluding carboxylic acids is 1. The van der Waals surface area contributed by atoms with Gasteiger partial charge in [0, 0.05) is 17.7 Å². The second kappa shape index (κ2) is 6.93. The molecule has 2 rings (SSSR count). The second-order valence-electron chi connectivity index (χ2n) is 5.38. The third-order valence-electron chi connectivity index (χ3n) is 3.22. The molecule has 0 saturated heterocycles. The van der Waals surface area contributed by atoms with Crippen LogP contribution in [0.25, 0.3) is 11.1 Å². The van der Waals surface area contributed by atoms with Gasteiger partial charge in [0.15, 0.2) is 0 Å². The van der Waals surface area contributed by atoms with E-state index in [1.165, 1.54) is 0 Å². The van der Waals surface area contributed by atoms with Gasteiger partial charge in [-0.3, -0.25) is 4.79 Å². The molecular formula is C18H21NO2. The van der Waals surface area contributed by atoms with Crippen molar-refractivity contribution < 1.29 is 9.53 Å². The first-order chi connectivity index (χ1) is 10.1. The fourth-order valence-electron chi connectivity index (χ4n) is 2.09. The Hall–Kier alpha value is -2.29. The summed E-state index contributed by atoms with van der Waals surface area (Å²) in [4.78, 5) is 12.1. The SMILES string of the molecule is COc1cc(C(=O)NCC(C)C)ccc1-c1ccccc1. The van der Waals surface area contributed by atoms with Crippen molar-refractivity contribution in [1.82, 2.24) is 5.32 Å². The number of methoxy groups -OCH3 is 1. The Morgan fingerprint density at radius 2 is 1.86 bits per heavy atom. The lowest BCUT2D eigenvalue weighted by molar-refractivity contribution is 0.0948. The van der Waals surface area contributed by atoms with Crippen LogP contribution in [0.4, 0.5) is 0 Å². The molecular weight excluding hydrogens is 262 g/mol. The largest absolute Gasteiger partial charge is 0.496 e. The average Bonchev–Trinajstić information content (AvgIpc) is 2.52. The van der Waals surface area contributed by atoms with Crippen LogP contribution >= 0.6 is 0 Å². The summed E-state index contributed by atoms with van der Waals surface area (Å²) in [6.07, 6.45) is 0. The first-order valence-electron chi connectivity index (χ1n) is 7.13. The summed E-state index contributed by atoms with van der Waals surface area (Å²) in [6, 6.07) is 15.5. The normalized spacial score (nSPS) is 10.5. The molecule has 0 radical (unpaired) electrons. The monoisotopic (exact) mass is 283 g/mol. The van der Waals surface area contributed by atoms with Gasteiger partial charge < -0.3 is 10.1 Å². The van der Waals surface area contributed by atoms with Gasteiger partial charge in [-0.1, -0.05) is 44.2 Å². The van der Waals surface area contributed by atoms with E-state index < -0.39 is 0 Å². The molecule has 21 heavy (non-hydrogen) atoms. The van der Waals surface area contributed by atoms with E-state index in [4.69, 9.17) is 4.74 Å². The molecule has 0 aliphatic rings. The van der Waals surface area contributed by atoms with Crippen molar-refractivity contribution in [2.75, 3.05) is 13.7 Å². The van der Waals surface area contributed by atoms with Gasteiger partial charge in [-0.15, -0.1) is 0 Å². The van der Waals surface area contributed by atoms with E-state index in [0.29, 0.717) is 23.8 Å². The Kier molecular flexibility index (Phi) is 4.99. The lowest BCUT2D eigenvalue weighted by Gasteiger charge is -2.12. The molecule has 0 aliphatic carbocycles. The molecule has 0 atom stereocenters. The van der Waals surface area contributed by atoms with Gasteiger partial charge >= 0.3 is 0 Å². The number of rotatable bonds is 5. The smallest absolute Gasteiger partial charge is 0.251 e. The maximum atomic E-state index is 12.1. The molecule has 3 nitrogen and oxygen atoms in total. The number of benzene rings is 2. The third kappa shape index (κ3) is 3.85. The predicted octanol–water partition coefficient (Wildman–Crippen LogP) is 3.75. The van der Waals surface area contributed by atoms with Gasteiger partial charge in [0.2, 0.25) is 0 Å². The van der Waals surface area contributed by atoms with Crippen LogP contribution in [0.15, 0.2) is 48.5 Å². The van der Waals surface area contributed by atoms with Gasteiger partial charge in [0.05, 0.1) is 7.11 Å². The zero-order valence-corrected chi connectivity index (χ0v) is 12.7. The number of hydrogen-bond donors (Lipinski definition) is 1. The minimum absolute atomic E-state index is 0.0680. The predicted molar refractivity (Wildman–Crippen MR) is 85.6 cm³/mol. The van der Waals surface area contributed by atoms with Gasteiger partial charge in [0.1, 0.15) is 5.75 Å². The van der Waals surface area contributed by atoms with Crippen LogP contribution in [-0.4, -0.2) is 19.6 Å². The summed E-state index contributed by atoms with van der Waals surface area (Å²) in [7, 11) is 1.62. The standard InChI is InChI=1S/C18H21NO2/c1-13(2)12-19-18(20)15-9-10-16(17(11-15)21-3)14-7-5-4-6-8-14/h4-11,13H,12H2,1-3H3,(H,19,20). The molecule has 0 unspecified atom stereocenters. The molecule has 2 aromatic rings. The second-order valence-corrected chi connectivity index (χ2v) is 5.38. The molecule has 0 spiro atoms. The van der Waals surface area contributed by atoms with Crippen molar-refractivity contribution in [2.24, 2.45) is 5.92 Å². The van der Waals surface area contributed by atoms with E-state index in [0.717, 1.165) is 11.1 Å². The Morgan fingerprint density at radius 3 is 2.48 bits per heavy atom. The zero-order valence-electron chi connectivity index (χ0n) is 12.7. The van der Waals surface area contributed by atoms with Gasteiger partial charge in [-0.2, -0.15) is 0 Å². The van der Waals surface area contributed by atoms with E-state index in [1.807, 2.05) is 42.5 Å². The summed E-state index contributed by atoms with van der Waals surface area (Å²) in [5.41, 5.74) is 2.68. The van der Waals surface area contributed by atoms with Crippen molar-refractivity contribution in [3.05, 3.63) is 54.1 Å². The first kappa shape index (κ1) is 15.1. The van der Waals surface area contributed by atoms with Crippen LogP contribution in [0.5, 0.6) is 5.75 Å². The van der Waals surface area contributed by atoms with E-state index in [-0.39, 0.29) is 5.91 Å². The van der Waals surface area contributed by atoms with Crippen LogP contribution in [0, 0.1) is 5.92 Å². The maximum absolute atomic E-state index is 12.1. The summed E-state index contributed by atoms with van der Waals surface area (Å²) in [5, 5.41) is 2.91. The first-order valence-corrected chi connectivity index (χ1v) is 7.13. The van der Waals surface area contributed by atoms with Gasteiger partial charge in [0.25, 0.3) is 5.91 Å². The minimum atomic E-state index is -0.0680. The summed E-state index contributed by atoms with van der Waals surface area (Å²) in [6.45, 7) is 4.81. The van der Waals surface area contributed by atoms with E-state index in [1.54, 1.807) is 13.2 Å². The number of amides is 1. The molecule has 3 heteroatoms. The highest BCUT2D eigenvalue weighted by Gasteiger charge is 2.11. The van der Waals surface area contributed by atoms with Crippen molar-refractivity contribution >= 4 is 5.91 Å². The van der Waals surface area contributed by atoms with E-state index in [2.05, 4.69) is 19.2 Å². The van der Waals surface area contributed by atoms with Crippen LogP contribution in [0.1, 0.15) is 24.2 Å². The highest BCUT2D eigenvalue weighted by molar-refractivity contribution is 5.95. The highest BCUT2D eigenvalue weighted by Crippen LogP contribution is 2.30.